The summed E-state index contributed by atoms with van der Waals surface area (Å²) in [6.07, 6.45) is 6.14. The smallest absolute Gasteiger partial charge is 0.253 e. The van der Waals surface area contributed by atoms with Crippen LogP contribution in [-0.2, 0) is 9.53 Å². The Bertz CT molecular complexity index is 1380. The molecule has 0 aromatic heterocycles. The molecule has 0 saturated carbocycles. The van der Waals surface area contributed by atoms with Gasteiger partial charge in [0.1, 0.15) is 11.5 Å². The number of rotatable bonds is 10. The zero-order valence-electron chi connectivity index (χ0n) is 23.1. The molecule has 1 heterocycles. The number of methoxy groups -OCH3 is 1. The number of nitrogens with one attached hydrogen (secondary N) is 2. The number of benzene rings is 2. The van der Waals surface area contributed by atoms with Crippen molar-refractivity contribution in [1.82, 2.24) is 10.2 Å². The molecule has 2 aliphatic rings. The second-order valence-electron chi connectivity index (χ2n) is 9.94. The van der Waals surface area contributed by atoms with Crippen LogP contribution < -0.4 is 10.1 Å². The average Bonchev–Trinajstić information content (AvgIpc) is 2.97. The maximum atomic E-state index is 13.4. The highest BCUT2D eigenvalue weighted by Gasteiger charge is 2.24. The molecule has 41 heavy (non-hydrogen) atoms. The first kappa shape index (κ1) is 30.3. The summed E-state index contributed by atoms with van der Waals surface area (Å²) in [6, 6.07) is 9.94. The molecule has 1 aliphatic heterocycles. The molecule has 2 aromatic carbocycles. The van der Waals surface area contributed by atoms with Gasteiger partial charge < -0.3 is 25.1 Å². The van der Waals surface area contributed by atoms with Crippen LogP contribution in [0.1, 0.15) is 30.1 Å². The van der Waals surface area contributed by atoms with Crippen LogP contribution in [0.4, 0.5) is 8.78 Å². The molecule has 0 spiro atoms. The first-order chi connectivity index (χ1) is 19.8. The Morgan fingerprint density at radius 3 is 2.46 bits per heavy atom. The summed E-state index contributed by atoms with van der Waals surface area (Å²) in [7, 11) is 2.09. The Balaban J connectivity index is 1.26. The number of halogens is 2. The summed E-state index contributed by atoms with van der Waals surface area (Å²) >= 11 is 0. The molecular formula is C31H34F2N3O4P. The van der Waals surface area contributed by atoms with Gasteiger partial charge in [-0.2, -0.15) is 0 Å². The molecule has 1 aliphatic carbocycles. The molecule has 0 bridgehead atoms. The maximum absolute atomic E-state index is 13.4. The van der Waals surface area contributed by atoms with E-state index in [0.717, 1.165) is 42.3 Å². The van der Waals surface area contributed by atoms with Gasteiger partial charge in [0, 0.05) is 49.5 Å². The second-order valence-corrected chi connectivity index (χ2v) is 11.0. The Labute approximate surface area is 240 Å². The van der Waals surface area contributed by atoms with E-state index in [1.54, 1.807) is 43.5 Å². The topological polar surface area (TPSA) is 91.7 Å². The lowest BCUT2D eigenvalue weighted by Crippen LogP contribution is -2.38. The lowest BCUT2D eigenvalue weighted by atomic mass is 9.93. The third kappa shape index (κ3) is 7.96. The first-order valence-corrected chi connectivity index (χ1v) is 14.8. The summed E-state index contributed by atoms with van der Waals surface area (Å²) in [5, 5.41) is 11.2. The molecule has 4 rings (SSSR count). The molecular weight excluding hydrogens is 547 g/mol. The van der Waals surface area contributed by atoms with Gasteiger partial charge in [0.25, 0.3) is 11.8 Å². The number of likely N-dealkylation sites (tertiary alicyclic amines) is 1. The fourth-order valence-corrected chi connectivity index (χ4v) is 6.15. The molecule has 2 aromatic rings. The van der Waals surface area contributed by atoms with Gasteiger partial charge in [-0.15, -0.1) is 0 Å². The van der Waals surface area contributed by atoms with Crippen LogP contribution in [0.5, 0.6) is 11.5 Å². The van der Waals surface area contributed by atoms with E-state index in [2.05, 4.69) is 11.1 Å². The van der Waals surface area contributed by atoms with Crippen molar-refractivity contribution in [3.8, 4) is 11.5 Å². The number of nitrogens with zero attached hydrogens (tertiary/aromatic N) is 1. The van der Waals surface area contributed by atoms with E-state index >= 15 is 0 Å². The van der Waals surface area contributed by atoms with E-state index in [1.807, 2.05) is 11.8 Å². The highest BCUT2D eigenvalue weighted by molar-refractivity contribution is 7.41. The summed E-state index contributed by atoms with van der Waals surface area (Å²) in [5.74, 6) is 1.01. The van der Waals surface area contributed by atoms with Crippen molar-refractivity contribution in [2.24, 2.45) is 5.92 Å². The fourth-order valence-electron chi connectivity index (χ4n) is 4.71. The summed E-state index contributed by atoms with van der Waals surface area (Å²) in [5.41, 5.74) is 3.13. The highest BCUT2D eigenvalue weighted by atomic mass is 31.1. The summed E-state index contributed by atoms with van der Waals surface area (Å²) in [6.45, 7) is 4.08. The van der Waals surface area contributed by atoms with Gasteiger partial charge >= 0.3 is 0 Å². The van der Waals surface area contributed by atoms with Gasteiger partial charge in [-0.25, -0.2) is 8.78 Å². The van der Waals surface area contributed by atoms with Crippen LogP contribution in [0.25, 0.3) is 0 Å². The van der Waals surface area contributed by atoms with Gasteiger partial charge in [-0.05, 0) is 86.0 Å². The summed E-state index contributed by atoms with van der Waals surface area (Å²) in [4.78, 5) is 27.4. The minimum atomic E-state index is -0.986. The van der Waals surface area contributed by atoms with Crippen molar-refractivity contribution in [3.05, 3.63) is 94.4 Å². The normalized spacial score (nSPS) is 17.1. The number of hydrogen-bond acceptors (Lipinski definition) is 5. The van der Waals surface area contributed by atoms with Gasteiger partial charge in [0.05, 0.1) is 12.3 Å². The predicted molar refractivity (Wildman–Crippen MR) is 157 cm³/mol. The number of ether oxygens (including phenoxy) is 2. The van der Waals surface area contributed by atoms with E-state index in [0.29, 0.717) is 63.3 Å². The Hall–Kier alpha value is -3.68. The van der Waals surface area contributed by atoms with Gasteiger partial charge in [0.2, 0.25) is 0 Å². The minimum Gasteiger partial charge on any atom is -0.457 e. The van der Waals surface area contributed by atoms with E-state index in [-0.39, 0.29) is 17.6 Å². The van der Waals surface area contributed by atoms with Crippen LogP contribution in [0.15, 0.2) is 77.2 Å². The molecule has 7 nitrogen and oxygen atoms in total. The number of allylic oxidation sites excluding steroid dienone is 3. The van der Waals surface area contributed by atoms with Gasteiger partial charge in [-0.3, -0.25) is 9.59 Å². The largest absolute Gasteiger partial charge is 0.457 e. The van der Waals surface area contributed by atoms with Crippen molar-refractivity contribution in [2.75, 3.05) is 39.5 Å². The predicted octanol–water partition coefficient (Wildman–Crippen LogP) is 5.84. The number of carbonyl (C=O) groups excluding carboxylic acids is 2. The van der Waals surface area contributed by atoms with Crippen molar-refractivity contribution < 1.29 is 27.8 Å². The highest BCUT2D eigenvalue weighted by Crippen LogP contribution is 2.31. The standard InChI is InChI=1S/C31H34F2N3O4P/c1-20-25(30(37)35-13-16-39-2)8-10-29(34)26(20)19-41-18-21-11-14-36(15-12-21)31(38)22-3-5-23(6-4-22)40-24-7-9-27(32)28(33)17-24/h3-10,17,19,21,34,41H,11-16,18H2,1-2H3,(H,35,37)/b26-19-,34-29?. The van der Waals surface area contributed by atoms with Crippen molar-refractivity contribution >= 4 is 26.1 Å². The van der Waals surface area contributed by atoms with E-state index in [1.165, 1.54) is 6.07 Å². The Morgan fingerprint density at radius 2 is 1.78 bits per heavy atom. The number of piperidine rings is 1. The molecule has 1 atom stereocenters. The fraction of sp³-hybridized carbons (Fsp3) is 0.323. The van der Waals surface area contributed by atoms with Gasteiger partial charge in [0.15, 0.2) is 11.6 Å². The van der Waals surface area contributed by atoms with Crippen molar-refractivity contribution in [1.29, 1.82) is 5.41 Å². The van der Waals surface area contributed by atoms with Crippen LogP contribution >= 0.6 is 8.58 Å². The van der Waals surface area contributed by atoms with Crippen molar-refractivity contribution in [2.45, 2.75) is 19.8 Å². The maximum Gasteiger partial charge on any atom is 0.253 e. The SMILES string of the molecule is COCCNC(=O)C1=C(C)/C(=C/PCC2CCN(C(=O)c3ccc(Oc4ccc(F)c(F)c4)cc3)CC2)C(=N)C=C1. The lowest BCUT2D eigenvalue weighted by molar-refractivity contribution is -0.117. The average molecular weight is 582 g/mol. The van der Waals surface area contributed by atoms with Crippen molar-refractivity contribution in [3.63, 3.8) is 0 Å². The molecule has 2 N–H and O–H groups in total. The Morgan fingerprint density at radius 1 is 1.07 bits per heavy atom. The van der Waals surface area contributed by atoms with Crippen LogP contribution in [0.2, 0.25) is 0 Å². The molecule has 2 amide bonds. The third-order valence-corrected chi connectivity index (χ3v) is 8.44. The van der Waals surface area contributed by atoms with Crippen LogP contribution in [0, 0.1) is 23.0 Å². The summed E-state index contributed by atoms with van der Waals surface area (Å²) < 4.78 is 37.1. The zero-order valence-corrected chi connectivity index (χ0v) is 24.1. The quantitative estimate of drug-likeness (QED) is 0.273. The molecule has 216 valence electrons. The first-order valence-electron chi connectivity index (χ1n) is 13.5. The van der Waals surface area contributed by atoms with E-state index < -0.39 is 11.6 Å². The molecule has 1 unspecified atom stereocenters. The molecule has 0 radical (unpaired) electrons. The van der Waals surface area contributed by atoms with E-state index in [9.17, 15) is 18.4 Å². The van der Waals surface area contributed by atoms with E-state index in [4.69, 9.17) is 14.9 Å². The second kappa shape index (κ2) is 14.3. The molecule has 1 fully saturated rings. The molecule has 1 saturated heterocycles. The zero-order chi connectivity index (χ0) is 29.4. The Kier molecular flexibility index (Phi) is 10.6. The lowest BCUT2D eigenvalue weighted by Gasteiger charge is -2.32. The number of amides is 2. The molecule has 10 heteroatoms. The van der Waals surface area contributed by atoms with Gasteiger partial charge in [-0.1, -0.05) is 14.4 Å². The van der Waals surface area contributed by atoms with Crippen LogP contribution in [-0.4, -0.2) is 61.9 Å². The monoisotopic (exact) mass is 581 g/mol. The minimum absolute atomic E-state index is 0.0492. The van der Waals surface area contributed by atoms with Crippen LogP contribution in [0.3, 0.4) is 0 Å². The third-order valence-electron chi connectivity index (χ3n) is 7.13. The number of hydrogen-bond donors (Lipinski definition) is 2. The number of carbonyl (C=O) groups is 2.